The van der Waals surface area contributed by atoms with Crippen LogP contribution in [0.3, 0.4) is 0 Å². The van der Waals surface area contributed by atoms with Crippen LogP contribution in [0.2, 0.25) is 0 Å². The van der Waals surface area contributed by atoms with Crippen LogP contribution in [0.25, 0.3) is 0 Å². The zero-order chi connectivity index (χ0) is 12.9. The van der Waals surface area contributed by atoms with Crippen LogP contribution in [-0.2, 0) is 5.41 Å². The zero-order valence-corrected chi connectivity index (χ0v) is 12.0. The molecule has 2 heteroatoms. The van der Waals surface area contributed by atoms with Crippen molar-refractivity contribution in [2.45, 2.75) is 50.8 Å². The molecule has 1 aromatic rings. The Hall–Kier alpha value is -0.940. The predicted octanol–water partition coefficient (Wildman–Crippen LogP) is 4.69. The Morgan fingerprint density at radius 3 is 2.59 bits per heavy atom. The first-order valence-electron chi connectivity index (χ1n) is 6.06. The molecule has 0 unspecified atom stereocenters. The molecule has 0 bridgehead atoms. The van der Waals surface area contributed by atoms with Crippen molar-refractivity contribution in [1.29, 1.82) is 5.26 Å². The largest absolute Gasteiger partial charge is 0.198 e. The van der Waals surface area contributed by atoms with E-state index in [0.29, 0.717) is 6.42 Å². The van der Waals surface area contributed by atoms with E-state index in [1.54, 1.807) is 0 Å². The molecule has 0 radical (unpaired) electrons. The quantitative estimate of drug-likeness (QED) is 0.569. The molecular weight excluding hydrogens is 226 g/mol. The number of thioether (sulfide) groups is 1. The van der Waals surface area contributed by atoms with E-state index < -0.39 is 0 Å². The summed E-state index contributed by atoms with van der Waals surface area (Å²) in [6, 6.07) is 8.91. The summed E-state index contributed by atoms with van der Waals surface area (Å²) in [6.07, 6.45) is 1.63. The Bertz CT molecular complexity index is 410. The first-order valence-corrected chi connectivity index (χ1v) is 7.04. The van der Waals surface area contributed by atoms with Crippen LogP contribution in [0.5, 0.6) is 0 Å². The summed E-state index contributed by atoms with van der Waals surface area (Å²) in [7, 11) is 0. The van der Waals surface area contributed by atoms with Crippen molar-refractivity contribution in [3.8, 4) is 6.07 Å². The van der Waals surface area contributed by atoms with Crippen molar-refractivity contribution in [2.24, 2.45) is 0 Å². The Kier molecular flexibility index (Phi) is 5.08. The lowest BCUT2D eigenvalue weighted by Crippen LogP contribution is -2.11. The maximum Gasteiger partial charge on any atom is 0.0622 e. The van der Waals surface area contributed by atoms with Gasteiger partial charge in [0.2, 0.25) is 0 Å². The molecule has 92 valence electrons. The number of nitrogens with zero attached hydrogens (tertiary/aromatic N) is 1. The van der Waals surface area contributed by atoms with E-state index in [1.165, 1.54) is 16.0 Å². The van der Waals surface area contributed by atoms with Crippen LogP contribution in [-0.4, -0.2) is 5.75 Å². The normalized spacial score (nSPS) is 11.2. The SMILES string of the molecule is Cc1ccc(C(C)(C)C)cc1SCCCC#N. The molecule has 0 saturated heterocycles. The molecule has 0 N–H and O–H groups in total. The van der Waals surface area contributed by atoms with Crippen LogP contribution in [0.15, 0.2) is 23.1 Å². The summed E-state index contributed by atoms with van der Waals surface area (Å²) in [5.41, 5.74) is 2.92. The Labute approximate surface area is 109 Å². The van der Waals surface area contributed by atoms with Gasteiger partial charge in [-0.2, -0.15) is 5.26 Å². The van der Waals surface area contributed by atoms with E-state index in [2.05, 4.69) is 52.0 Å². The average Bonchev–Trinajstić information content (AvgIpc) is 2.25. The van der Waals surface area contributed by atoms with Gasteiger partial charge in [0.15, 0.2) is 0 Å². The highest BCUT2D eigenvalue weighted by molar-refractivity contribution is 7.99. The number of aryl methyl sites for hydroxylation is 1. The molecule has 0 aliphatic rings. The lowest BCUT2D eigenvalue weighted by atomic mass is 9.87. The van der Waals surface area contributed by atoms with Gasteiger partial charge in [-0.1, -0.05) is 32.9 Å². The number of unbranched alkanes of at least 4 members (excludes halogenated alkanes) is 1. The monoisotopic (exact) mass is 247 g/mol. The summed E-state index contributed by atoms with van der Waals surface area (Å²) in [4.78, 5) is 1.36. The number of hydrogen-bond donors (Lipinski definition) is 0. The summed E-state index contributed by atoms with van der Waals surface area (Å²) in [5, 5.41) is 8.51. The van der Waals surface area contributed by atoms with Gasteiger partial charge in [0.25, 0.3) is 0 Å². The van der Waals surface area contributed by atoms with E-state index in [1.807, 2.05) is 11.8 Å². The second-order valence-electron chi connectivity index (χ2n) is 5.34. The standard InChI is InChI=1S/C15H21NS/c1-12-7-8-13(15(2,3)4)11-14(12)17-10-6-5-9-16/h7-8,11H,5-6,10H2,1-4H3. The van der Waals surface area contributed by atoms with Crippen molar-refractivity contribution in [2.75, 3.05) is 5.75 Å². The molecule has 0 heterocycles. The average molecular weight is 247 g/mol. The second kappa shape index (κ2) is 6.12. The third kappa shape index (κ3) is 4.44. The van der Waals surface area contributed by atoms with Gasteiger partial charge in [-0.15, -0.1) is 11.8 Å². The molecule has 0 saturated carbocycles. The zero-order valence-electron chi connectivity index (χ0n) is 11.2. The maximum atomic E-state index is 8.51. The van der Waals surface area contributed by atoms with E-state index in [0.717, 1.165) is 12.2 Å². The highest BCUT2D eigenvalue weighted by Crippen LogP contribution is 2.30. The molecule has 0 fully saturated rings. The smallest absolute Gasteiger partial charge is 0.0622 e. The number of rotatable bonds is 4. The topological polar surface area (TPSA) is 23.8 Å². The molecule has 1 nitrogen and oxygen atoms in total. The molecule has 0 spiro atoms. The van der Waals surface area contributed by atoms with Gasteiger partial charge < -0.3 is 0 Å². The minimum Gasteiger partial charge on any atom is -0.198 e. The number of nitriles is 1. The summed E-state index contributed by atoms with van der Waals surface area (Å²) in [6.45, 7) is 8.87. The predicted molar refractivity (Wildman–Crippen MR) is 75.5 cm³/mol. The van der Waals surface area contributed by atoms with Gasteiger partial charge in [0.05, 0.1) is 6.07 Å². The number of hydrogen-bond acceptors (Lipinski definition) is 2. The van der Waals surface area contributed by atoms with Gasteiger partial charge in [0.1, 0.15) is 0 Å². The van der Waals surface area contributed by atoms with Crippen molar-refractivity contribution >= 4 is 11.8 Å². The molecule has 0 amide bonds. The van der Waals surface area contributed by atoms with Crippen LogP contribution in [0, 0.1) is 18.3 Å². The second-order valence-corrected chi connectivity index (χ2v) is 6.48. The molecule has 0 aromatic heterocycles. The van der Waals surface area contributed by atoms with Gasteiger partial charge in [0, 0.05) is 11.3 Å². The van der Waals surface area contributed by atoms with Crippen molar-refractivity contribution < 1.29 is 0 Å². The molecule has 0 aliphatic heterocycles. The maximum absolute atomic E-state index is 8.51. The fraction of sp³-hybridized carbons (Fsp3) is 0.533. The van der Waals surface area contributed by atoms with E-state index in [-0.39, 0.29) is 5.41 Å². The highest BCUT2D eigenvalue weighted by Gasteiger charge is 2.14. The summed E-state index contributed by atoms with van der Waals surface area (Å²) in [5.74, 6) is 1.03. The third-order valence-corrected chi connectivity index (χ3v) is 3.99. The van der Waals surface area contributed by atoms with Crippen LogP contribution >= 0.6 is 11.8 Å². The molecular formula is C15H21NS. The Balaban J connectivity index is 2.74. The van der Waals surface area contributed by atoms with Crippen molar-refractivity contribution in [3.63, 3.8) is 0 Å². The highest BCUT2D eigenvalue weighted by atomic mass is 32.2. The molecule has 1 rings (SSSR count). The summed E-state index contributed by atoms with van der Waals surface area (Å²) < 4.78 is 0. The molecule has 0 atom stereocenters. The molecule has 1 aromatic carbocycles. The number of benzene rings is 1. The lowest BCUT2D eigenvalue weighted by Gasteiger charge is -2.20. The fourth-order valence-electron chi connectivity index (χ4n) is 1.56. The van der Waals surface area contributed by atoms with Gasteiger partial charge in [-0.3, -0.25) is 0 Å². The van der Waals surface area contributed by atoms with Gasteiger partial charge in [-0.25, -0.2) is 0 Å². The third-order valence-electron chi connectivity index (χ3n) is 2.74. The first kappa shape index (κ1) is 14.1. The fourth-order valence-corrected chi connectivity index (χ4v) is 2.57. The van der Waals surface area contributed by atoms with Crippen LogP contribution in [0.4, 0.5) is 0 Å². The minimum absolute atomic E-state index is 0.204. The molecule has 17 heavy (non-hydrogen) atoms. The van der Waals surface area contributed by atoms with Gasteiger partial charge in [-0.05, 0) is 41.7 Å². The minimum atomic E-state index is 0.204. The van der Waals surface area contributed by atoms with Crippen molar-refractivity contribution in [1.82, 2.24) is 0 Å². The summed E-state index contributed by atoms with van der Waals surface area (Å²) >= 11 is 1.87. The molecule has 0 aliphatic carbocycles. The van der Waals surface area contributed by atoms with E-state index in [4.69, 9.17) is 5.26 Å². The Morgan fingerprint density at radius 1 is 1.29 bits per heavy atom. The lowest BCUT2D eigenvalue weighted by molar-refractivity contribution is 0.588. The Morgan fingerprint density at radius 2 is 2.00 bits per heavy atom. The van der Waals surface area contributed by atoms with E-state index in [9.17, 15) is 0 Å². The first-order chi connectivity index (χ1) is 7.95. The van der Waals surface area contributed by atoms with E-state index >= 15 is 0 Å². The van der Waals surface area contributed by atoms with Crippen molar-refractivity contribution in [3.05, 3.63) is 29.3 Å². The van der Waals surface area contributed by atoms with Gasteiger partial charge >= 0.3 is 0 Å². The van der Waals surface area contributed by atoms with Crippen LogP contribution in [0.1, 0.15) is 44.7 Å². The van der Waals surface area contributed by atoms with Crippen LogP contribution < -0.4 is 0 Å².